The third-order valence-electron chi connectivity index (χ3n) is 2.05. The number of nitrogens with one attached hydrogen (secondary N) is 1. The van der Waals surface area contributed by atoms with Gasteiger partial charge in [0, 0.05) is 10.7 Å². The second kappa shape index (κ2) is 5.99. The Morgan fingerprint density at radius 3 is 2.50 bits per heavy atom. The summed E-state index contributed by atoms with van der Waals surface area (Å²) in [6.07, 6.45) is -0.638. The molecule has 0 aliphatic carbocycles. The number of anilines is 1. The molecule has 112 valence electrons. The first-order chi connectivity index (χ1) is 8.96. The van der Waals surface area contributed by atoms with Gasteiger partial charge in [-0.3, -0.25) is 5.32 Å². The Balaban J connectivity index is 2.88. The number of benzene rings is 1. The van der Waals surface area contributed by atoms with E-state index in [4.69, 9.17) is 21.5 Å². The van der Waals surface area contributed by atoms with Crippen molar-refractivity contribution in [3.63, 3.8) is 0 Å². The number of ether oxygens (including phenoxy) is 1. The van der Waals surface area contributed by atoms with Gasteiger partial charge in [0.2, 0.25) is 10.0 Å². The molecule has 0 spiro atoms. The van der Waals surface area contributed by atoms with Gasteiger partial charge in [-0.1, -0.05) is 11.6 Å². The highest BCUT2D eigenvalue weighted by molar-refractivity contribution is 7.88. The van der Waals surface area contributed by atoms with Crippen LogP contribution in [-0.4, -0.2) is 20.1 Å². The molecule has 0 atom stereocenters. The van der Waals surface area contributed by atoms with E-state index in [2.05, 4.69) is 5.32 Å². The molecule has 1 aromatic rings. The average Bonchev–Trinajstić information content (AvgIpc) is 2.18. The molecule has 3 N–H and O–H groups in total. The fourth-order valence-corrected chi connectivity index (χ4v) is 2.34. The predicted octanol–water partition coefficient (Wildman–Crippen LogP) is 2.48. The predicted molar refractivity (Wildman–Crippen MR) is 78.1 cm³/mol. The molecule has 20 heavy (non-hydrogen) atoms. The molecular weight excluding hydrogens is 304 g/mol. The minimum Gasteiger partial charge on any atom is -0.444 e. The number of carbonyl (C=O) groups is 1. The van der Waals surface area contributed by atoms with E-state index in [9.17, 15) is 13.2 Å². The summed E-state index contributed by atoms with van der Waals surface area (Å²) in [5.41, 5.74) is 0.0601. The van der Waals surface area contributed by atoms with Gasteiger partial charge in [0.15, 0.2) is 0 Å². The summed E-state index contributed by atoms with van der Waals surface area (Å²) in [7, 11) is -3.70. The molecule has 0 bridgehead atoms. The first kappa shape index (κ1) is 16.7. The number of amides is 1. The monoisotopic (exact) mass is 320 g/mol. The van der Waals surface area contributed by atoms with Gasteiger partial charge in [-0.2, -0.15) is 0 Å². The first-order valence-corrected chi connectivity index (χ1v) is 7.84. The van der Waals surface area contributed by atoms with Crippen molar-refractivity contribution >= 4 is 33.4 Å². The van der Waals surface area contributed by atoms with Crippen LogP contribution in [0.25, 0.3) is 0 Å². The standard InChI is InChI=1S/C12H17ClN2O4S/c1-12(2,3)19-11(16)15-9-4-5-10(13)8(6-9)7-20(14,17)18/h4-6H,7H2,1-3H3,(H,15,16)(H2,14,17,18). The normalized spacial score (nSPS) is 12.1. The van der Waals surface area contributed by atoms with Crippen LogP contribution in [0.1, 0.15) is 26.3 Å². The van der Waals surface area contributed by atoms with Crippen LogP contribution in [0, 0.1) is 0 Å². The van der Waals surface area contributed by atoms with Crippen molar-refractivity contribution in [3.8, 4) is 0 Å². The fraction of sp³-hybridized carbons (Fsp3) is 0.417. The molecule has 8 heteroatoms. The molecule has 0 heterocycles. The number of halogens is 1. The van der Waals surface area contributed by atoms with E-state index >= 15 is 0 Å². The summed E-state index contributed by atoms with van der Waals surface area (Å²) in [4.78, 5) is 11.6. The van der Waals surface area contributed by atoms with E-state index in [1.807, 2.05) is 0 Å². The molecule has 0 saturated heterocycles. The van der Waals surface area contributed by atoms with Crippen molar-refractivity contribution < 1.29 is 17.9 Å². The smallest absolute Gasteiger partial charge is 0.412 e. The number of sulfonamides is 1. The number of nitrogens with two attached hydrogens (primary N) is 1. The molecule has 0 saturated carbocycles. The molecule has 0 aliphatic rings. The minimum atomic E-state index is -3.70. The van der Waals surface area contributed by atoms with E-state index in [0.717, 1.165) is 0 Å². The van der Waals surface area contributed by atoms with Crippen LogP contribution in [0.15, 0.2) is 18.2 Å². The maximum absolute atomic E-state index is 11.6. The Hall–Kier alpha value is -1.31. The van der Waals surface area contributed by atoms with Gasteiger partial charge in [0.05, 0.1) is 5.75 Å². The summed E-state index contributed by atoms with van der Waals surface area (Å²) in [5, 5.41) is 7.73. The molecule has 0 unspecified atom stereocenters. The lowest BCUT2D eigenvalue weighted by Crippen LogP contribution is -2.27. The Morgan fingerprint density at radius 2 is 2.00 bits per heavy atom. The van der Waals surface area contributed by atoms with Crippen molar-refractivity contribution in [2.45, 2.75) is 32.1 Å². The Kier molecular flexibility index (Phi) is 5.01. The lowest BCUT2D eigenvalue weighted by molar-refractivity contribution is 0.0636. The second-order valence-corrected chi connectivity index (χ2v) is 7.26. The van der Waals surface area contributed by atoms with Crippen LogP contribution in [0.5, 0.6) is 0 Å². The van der Waals surface area contributed by atoms with E-state index in [0.29, 0.717) is 11.3 Å². The zero-order valence-corrected chi connectivity index (χ0v) is 13.0. The largest absolute Gasteiger partial charge is 0.444 e. The van der Waals surface area contributed by atoms with Crippen LogP contribution in [0.4, 0.5) is 10.5 Å². The molecule has 6 nitrogen and oxygen atoms in total. The Morgan fingerprint density at radius 1 is 1.40 bits per heavy atom. The van der Waals surface area contributed by atoms with Crippen molar-refractivity contribution in [1.82, 2.24) is 0 Å². The number of carbonyl (C=O) groups excluding carboxylic acids is 1. The number of rotatable bonds is 3. The van der Waals surface area contributed by atoms with Crippen LogP contribution in [0.2, 0.25) is 5.02 Å². The van der Waals surface area contributed by atoms with Crippen molar-refractivity contribution in [1.29, 1.82) is 0 Å². The molecule has 0 aliphatic heterocycles. The summed E-state index contributed by atoms with van der Waals surface area (Å²) in [5.74, 6) is -0.407. The minimum absolute atomic E-state index is 0.258. The quantitative estimate of drug-likeness (QED) is 0.893. The molecular formula is C12H17ClN2O4S. The molecule has 0 radical (unpaired) electrons. The van der Waals surface area contributed by atoms with Gasteiger partial charge < -0.3 is 4.74 Å². The Labute approximate surface area is 123 Å². The third kappa shape index (κ3) is 6.23. The lowest BCUT2D eigenvalue weighted by atomic mass is 10.2. The van der Waals surface area contributed by atoms with E-state index < -0.39 is 27.5 Å². The van der Waals surface area contributed by atoms with Gasteiger partial charge in [0.1, 0.15) is 5.60 Å². The van der Waals surface area contributed by atoms with E-state index in [-0.39, 0.29) is 5.02 Å². The lowest BCUT2D eigenvalue weighted by Gasteiger charge is -2.19. The zero-order valence-electron chi connectivity index (χ0n) is 11.4. The summed E-state index contributed by atoms with van der Waals surface area (Å²) in [6, 6.07) is 4.46. The van der Waals surface area contributed by atoms with E-state index in [1.54, 1.807) is 26.8 Å². The Bertz CT molecular complexity index is 608. The van der Waals surface area contributed by atoms with Crippen LogP contribution in [-0.2, 0) is 20.5 Å². The molecule has 0 fully saturated rings. The van der Waals surface area contributed by atoms with Crippen molar-refractivity contribution in [2.24, 2.45) is 5.14 Å². The number of hydrogen-bond acceptors (Lipinski definition) is 4. The average molecular weight is 321 g/mol. The summed E-state index contributed by atoms with van der Waals surface area (Å²) in [6.45, 7) is 5.21. The highest BCUT2D eigenvalue weighted by Crippen LogP contribution is 2.22. The summed E-state index contributed by atoms with van der Waals surface area (Å²) < 4.78 is 27.2. The highest BCUT2D eigenvalue weighted by Gasteiger charge is 2.17. The SMILES string of the molecule is CC(C)(C)OC(=O)Nc1ccc(Cl)c(CS(N)(=O)=O)c1. The number of primary sulfonamides is 1. The van der Waals surface area contributed by atoms with Crippen molar-refractivity contribution in [2.75, 3.05) is 5.32 Å². The fourth-order valence-electron chi connectivity index (χ4n) is 1.40. The number of hydrogen-bond donors (Lipinski definition) is 2. The van der Waals surface area contributed by atoms with Gasteiger partial charge in [0.25, 0.3) is 0 Å². The topological polar surface area (TPSA) is 98.5 Å². The molecule has 1 rings (SSSR count). The molecule has 1 amide bonds. The second-order valence-electron chi connectivity index (χ2n) is 5.24. The highest BCUT2D eigenvalue weighted by atomic mass is 35.5. The molecule has 1 aromatic carbocycles. The van der Waals surface area contributed by atoms with E-state index in [1.165, 1.54) is 12.1 Å². The molecule has 0 aromatic heterocycles. The van der Waals surface area contributed by atoms with Crippen LogP contribution < -0.4 is 10.5 Å². The first-order valence-electron chi connectivity index (χ1n) is 5.75. The summed E-state index contributed by atoms with van der Waals surface area (Å²) >= 11 is 5.88. The van der Waals surface area contributed by atoms with Crippen LogP contribution >= 0.6 is 11.6 Å². The van der Waals surface area contributed by atoms with Crippen LogP contribution in [0.3, 0.4) is 0 Å². The third-order valence-corrected chi connectivity index (χ3v) is 3.13. The van der Waals surface area contributed by atoms with Gasteiger partial charge in [-0.05, 0) is 44.5 Å². The van der Waals surface area contributed by atoms with Gasteiger partial charge in [-0.15, -0.1) is 0 Å². The van der Waals surface area contributed by atoms with Gasteiger partial charge in [-0.25, -0.2) is 18.4 Å². The van der Waals surface area contributed by atoms with Gasteiger partial charge >= 0.3 is 6.09 Å². The van der Waals surface area contributed by atoms with Crippen molar-refractivity contribution in [3.05, 3.63) is 28.8 Å². The zero-order chi connectivity index (χ0) is 15.6. The maximum Gasteiger partial charge on any atom is 0.412 e. The maximum atomic E-state index is 11.6.